The molecule has 1 aliphatic heterocycles. The molecule has 0 fully saturated rings. The Kier molecular flexibility index (Phi) is 5.25. The van der Waals surface area contributed by atoms with Gasteiger partial charge in [0.1, 0.15) is 18.6 Å². The molecule has 0 radical (unpaired) electrons. The van der Waals surface area contributed by atoms with Crippen molar-refractivity contribution in [2.45, 2.75) is 26.2 Å². The van der Waals surface area contributed by atoms with Gasteiger partial charge in [-0.2, -0.15) is 4.58 Å². The summed E-state index contributed by atoms with van der Waals surface area (Å²) in [5.74, 6) is 0.703. The second-order valence-corrected chi connectivity index (χ2v) is 10.7. The van der Waals surface area contributed by atoms with E-state index in [2.05, 4.69) is 41.2 Å². The molecule has 0 saturated carbocycles. The van der Waals surface area contributed by atoms with E-state index >= 15 is 0 Å². The third-order valence-electron chi connectivity index (χ3n) is 8.14. The fraction of sp³-hybridized carbons (Fsp3) is 0.212. The van der Waals surface area contributed by atoms with Crippen LogP contribution in [0.3, 0.4) is 0 Å². The molecule has 6 rings (SSSR count). The molecule has 0 unspecified atom stereocenters. The van der Waals surface area contributed by atoms with Gasteiger partial charge in [0.05, 0.1) is 29.4 Å². The molecule has 2 aliphatic rings. The van der Waals surface area contributed by atoms with E-state index in [1.54, 1.807) is 7.11 Å². The maximum atomic E-state index is 13.8. The van der Waals surface area contributed by atoms with Crippen LogP contribution in [-0.4, -0.2) is 39.9 Å². The Morgan fingerprint density at radius 3 is 2.45 bits per heavy atom. The average molecular weight is 504 g/mol. The summed E-state index contributed by atoms with van der Waals surface area (Å²) in [7, 11) is 5.67. The summed E-state index contributed by atoms with van der Waals surface area (Å²) in [6.45, 7) is 6.31. The van der Waals surface area contributed by atoms with Crippen LogP contribution in [0.5, 0.6) is 5.75 Å². The number of aliphatic hydroxyl groups is 1. The van der Waals surface area contributed by atoms with Gasteiger partial charge < -0.3 is 14.4 Å². The van der Waals surface area contributed by atoms with Gasteiger partial charge in [0, 0.05) is 41.2 Å². The van der Waals surface area contributed by atoms with Crippen molar-refractivity contribution >= 4 is 33.7 Å². The molecule has 5 nitrogen and oxygen atoms in total. The molecule has 38 heavy (non-hydrogen) atoms. The van der Waals surface area contributed by atoms with Crippen molar-refractivity contribution in [1.29, 1.82) is 0 Å². The maximum absolute atomic E-state index is 13.8. The number of aryl methyl sites for hydroxylation is 2. The zero-order valence-electron chi connectivity index (χ0n) is 22.6. The topological polar surface area (TPSA) is 54.5 Å². The molecule has 0 amide bonds. The smallest absolute Gasteiger partial charge is 0.209 e. The lowest BCUT2D eigenvalue weighted by Crippen LogP contribution is -2.30. The lowest BCUT2D eigenvalue weighted by atomic mass is 9.77. The summed E-state index contributed by atoms with van der Waals surface area (Å²) in [5, 5.41) is 12.4. The standard InChI is InChI=1S/C33H30N2O3/c1-19-12-14-25-22(16-19)28(30(35(25)5)20-10-8-7-9-11-20)29-31(36)23(32(29)37)18-27-33(2,3)24-17-21(38-6)13-15-26(24)34(27)4/h7-18H,1-6H3/p+1. The number of hydrogen-bond donors (Lipinski definition) is 1. The minimum absolute atomic E-state index is 0.0476. The normalized spacial score (nSPS) is 17.4. The maximum Gasteiger partial charge on any atom is 0.209 e. The number of carbonyl (C=O) groups is 1. The number of ether oxygens (including phenoxy) is 1. The number of aromatic nitrogens is 1. The van der Waals surface area contributed by atoms with Gasteiger partial charge in [-0.3, -0.25) is 4.79 Å². The van der Waals surface area contributed by atoms with Crippen LogP contribution in [0.25, 0.3) is 27.7 Å². The zero-order valence-corrected chi connectivity index (χ0v) is 22.6. The molecule has 4 aromatic rings. The summed E-state index contributed by atoms with van der Waals surface area (Å²) in [4.78, 5) is 13.8. The van der Waals surface area contributed by atoms with E-state index < -0.39 is 0 Å². The highest BCUT2D eigenvalue weighted by atomic mass is 16.5. The molecular formula is C33H31N2O3+. The Morgan fingerprint density at radius 2 is 1.76 bits per heavy atom. The van der Waals surface area contributed by atoms with Crippen molar-refractivity contribution in [3.63, 3.8) is 0 Å². The zero-order chi connectivity index (χ0) is 26.9. The van der Waals surface area contributed by atoms with Crippen LogP contribution in [0.15, 0.2) is 84.1 Å². The van der Waals surface area contributed by atoms with E-state index in [4.69, 9.17) is 4.74 Å². The van der Waals surface area contributed by atoms with Gasteiger partial charge in [-0.1, -0.05) is 42.0 Å². The summed E-state index contributed by atoms with van der Waals surface area (Å²) in [5.41, 5.74) is 8.32. The number of methoxy groups -OCH3 is 1. The molecule has 0 saturated heterocycles. The van der Waals surface area contributed by atoms with Gasteiger partial charge in [0.25, 0.3) is 0 Å². The Labute approximate surface area is 222 Å². The molecule has 1 aromatic heterocycles. The number of carbonyl (C=O) groups excluding carboxylic acids is 1. The van der Waals surface area contributed by atoms with Crippen LogP contribution in [0.2, 0.25) is 0 Å². The Bertz CT molecular complexity index is 1770. The third kappa shape index (κ3) is 3.24. The van der Waals surface area contributed by atoms with Crippen molar-refractivity contribution in [2.75, 3.05) is 14.2 Å². The predicted molar refractivity (Wildman–Crippen MR) is 153 cm³/mol. The van der Waals surface area contributed by atoms with Gasteiger partial charge in [0.2, 0.25) is 11.5 Å². The Hall–Kier alpha value is -4.38. The highest BCUT2D eigenvalue weighted by molar-refractivity contribution is 6.42. The van der Waals surface area contributed by atoms with Crippen LogP contribution in [0, 0.1) is 6.92 Å². The minimum atomic E-state index is -0.367. The second-order valence-electron chi connectivity index (χ2n) is 10.7. The van der Waals surface area contributed by atoms with Crippen molar-refractivity contribution in [3.05, 3.63) is 101 Å². The van der Waals surface area contributed by atoms with E-state index in [1.807, 2.05) is 75.6 Å². The molecular weight excluding hydrogens is 472 g/mol. The van der Waals surface area contributed by atoms with Crippen LogP contribution < -0.4 is 4.74 Å². The van der Waals surface area contributed by atoms with Crippen LogP contribution in [0.4, 0.5) is 5.69 Å². The lowest BCUT2D eigenvalue weighted by Gasteiger charge is -2.24. The predicted octanol–water partition coefficient (Wildman–Crippen LogP) is 6.65. The summed E-state index contributed by atoms with van der Waals surface area (Å²) in [6.07, 6.45) is 1.85. The number of benzene rings is 3. The number of rotatable bonds is 4. The number of allylic oxidation sites excluding steroid dienone is 3. The first-order chi connectivity index (χ1) is 18.1. The van der Waals surface area contributed by atoms with E-state index in [0.717, 1.165) is 56.0 Å². The third-order valence-corrected chi connectivity index (χ3v) is 8.14. The first kappa shape index (κ1) is 24.0. The van der Waals surface area contributed by atoms with E-state index in [0.29, 0.717) is 11.1 Å². The van der Waals surface area contributed by atoms with Gasteiger partial charge in [-0.15, -0.1) is 0 Å². The van der Waals surface area contributed by atoms with E-state index in [-0.39, 0.29) is 17.0 Å². The molecule has 1 aliphatic carbocycles. The van der Waals surface area contributed by atoms with Crippen molar-refractivity contribution in [1.82, 2.24) is 4.57 Å². The van der Waals surface area contributed by atoms with Crippen molar-refractivity contribution in [2.24, 2.45) is 7.05 Å². The van der Waals surface area contributed by atoms with Crippen LogP contribution >= 0.6 is 0 Å². The highest BCUT2D eigenvalue weighted by Crippen LogP contribution is 2.47. The van der Waals surface area contributed by atoms with Gasteiger partial charge >= 0.3 is 0 Å². The number of ketones is 1. The fourth-order valence-corrected chi connectivity index (χ4v) is 6.07. The molecule has 190 valence electrons. The van der Waals surface area contributed by atoms with Crippen molar-refractivity contribution in [3.8, 4) is 17.0 Å². The average Bonchev–Trinajstić information content (AvgIpc) is 3.29. The van der Waals surface area contributed by atoms with E-state index in [1.165, 1.54) is 0 Å². The lowest BCUT2D eigenvalue weighted by molar-refractivity contribution is -0.401. The Morgan fingerprint density at radius 1 is 1.03 bits per heavy atom. The van der Waals surface area contributed by atoms with Gasteiger partial charge in [0.15, 0.2) is 5.71 Å². The Balaban J connectivity index is 1.53. The van der Waals surface area contributed by atoms with Crippen LogP contribution in [0.1, 0.15) is 30.5 Å². The number of hydrogen-bond acceptors (Lipinski definition) is 3. The minimum Gasteiger partial charge on any atom is -0.506 e. The molecule has 2 heterocycles. The molecule has 1 N–H and O–H groups in total. The summed E-state index contributed by atoms with van der Waals surface area (Å²) < 4.78 is 9.67. The number of aliphatic hydroxyl groups excluding tert-OH is 1. The van der Waals surface area contributed by atoms with Crippen LogP contribution in [-0.2, 0) is 17.3 Å². The molecule has 3 aromatic carbocycles. The second kappa shape index (κ2) is 8.32. The van der Waals surface area contributed by atoms with Gasteiger partial charge in [-0.25, -0.2) is 0 Å². The number of Topliss-reactive ketones (excluding diaryl/α,β-unsaturated/α-hetero) is 1. The summed E-state index contributed by atoms with van der Waals surface area (Å²) >= 11 is 0. The molecule has 5 heteroatoms. The fourth-order valence-electron chi connectivity index (χ4n) is 6.07. The van der Waals surface area contributed by atoms with Gasteiger partial charge in [-0.05, 0) is 50.6 Å². The first-order valence-corrected chi connectivity index (χ1v) is 12.8. The highest BCUT2D eigenvalue weighted by Gasteiger charge is 2.46. The number of fused-ring (bicyclic) bond motifs is 2. The largest absolute Gasteiger partial charge is 0.506 e. The number of nitrogens with zero attached hydrogens (tertiary/aromatic N) is 2. The monoisotopic (exact) mass is 503 g/mol. The molecule has 0 bridgehead atoms. The first-order valence-electron chi connectivity index (χ1n) is 12.8. The van der Waals surface area contributed by atoms with Crippen molar-refractivity contribution < 1.29 is 19.2 Å². The SMILES string of the molecule is COc1ccc2c(c1)C(C)(C)C(/C=C1\C(=O)C(c3c(-c4ccccc4)n(C)c4ccc(C)cc34)=C1O)=[N+]2C. The molecule has 0 atom stereocenters. The quantitative estimate of drug-likeness (QED) is 0.251. The molecule has 0 spiro atoms. The summed E-state index contributed by atoms with van der Waals surface area (Å²) in [6, 6.07) is 22.3. The van der Waals surface area contributed by atoms with E-state index in [9.17, 15) is 9.90 Å².